The molecule has 104 valence electrons. The Hall–Kier alpha value is -2.75. The molecule has 2 aromatic carbocycles. The lowest BCUT2D eigenvalue weighted by Gasteiger charge is -2.18. The Balaban J connectivity index is 1.77. The molecule has 4 heteroatoms. The van der Waals surface area contributed by atoms with E-state index in [2.05, 4.69) is 4.98 Å². The molecule has 1 aliphatic rings. The van der Waals surface area contributed by atoms with E-state index < -0.39 is 0 Å². The van der Waals surface area contributed by atoms with Crippen LogP contribution in [0.4, 0.5) is 0 Å². The minimum Gasteiger partial charge on any atom is -0.486 e. The molecule has 0 spiro atoms. The minimum atomic E-state index is -0.0237. The highest BCUT2D eigenvalue weighted by atomic mass is 16.6. The number of H-pyrrole nitrogens is 1. The average Bonchev–Trinajstić information content (AvgIpc) is 2.98. The second-order valence-electron chi connectivity index (χ2n) is 4.94. The highest BCUT2D eigenvalue weighted by Crippen LogP contribution is 2.32. The van der Waals surface area contributed by atoms with E-state index in [0.717, 1.165) is 10.9 Å². The van der Waals surface area contributed by atoms with Gasteiger partial charge in [-0.25, -0.2) is 0 Å². The van der Waals surface area contributed by atoms with Gasteiger partial charge in [0.1, 0.15) is 13.2 Å². The Morgan fingerprint density at radius 3 is 2.71 bits per heavy atom. The number of rotatable bonds is 2. The predicted octanol–water partition coefficient (Wildman–Crippen LogP) is 3.17. The number of aromatic nitrogens is 1. The summed E-state index contributed by atoms with van der Waals surface area (Å²) >= 11 is 0. The first-order chi connectivity index (χ1) is 10.3. The van der Waals surface area contributed by atoms with Gasteiger partial charge in [-0.15, -0.1) is 0 Å². The van der Waals surface area contributed by atoms with Crippen LogP contribution in [0, 0.1) is 0 Å². The van der Waals surface area contributed by atoms with Crippen LogP contribution in [0.3, 0.4) is 0 Å². The number of aromatic amines is 1. The number of carbonyl (C=O) groups excluding carboxylic acids is 1. The fraction of sp³-hybridized carbons (Fsp3) is 0.118. The molecule has 0 saturated carbocycles. The number of ether oxygens (including phenoxy) is 2. The Kier molecular flexibility index (Phi) is 2.67. The van der Waals surface area contributed by atoms with E-state index in [1.54, 1.807) is 24.4 Å². The second kappa shape index (κ2) is 4.66. The zero-order chi connectivity index (χ0) is 14.2. The van der Waals surface area contributed by atoms with E-state index in [1.807, 2.05) is 24.3 Å². The summed E-state index contributed by atoms with van der Waals surface area (Å²) in [5, 5.41) is 0.928. The summed E-state index contributed by atoms with van der Waals surface area (Å²) in [7, 11) is 0. The van der Waals surface area contributed by atoms with Crippen molar-refractivity contribution >= 4 is 16.7 Å². The van der Waals surface area contributed by atoms with Crippen LogP contribution in [0.5, 0.6) is 11.5 Å². The Labute approximate surface area is 121 Å². The molecule has 0 fully saturated rings. The zero-order valence-corrected chi connectivity index (χ0v) is 11.3. The summed E-state index contributed by atoms with van der Waals surface area (Å²) in [6.07, 6.45) is 1.75. The Morgan fingerprint density at radius 2 is 1.81 bits per heavy atom. The van der Waals surface area contributed by atoms with Crippen LogP contribution >= 0.6 is 0 Å². The van der Waals surface area contributed by atoms with Crippen LogP contribution in [0.25, 0.3) is 10.9 Å². The van der Waals surface area contributed by atoms with E-state index in [1.165, 1.54) is 0 Å². The van der Waals surface area contributed by atoms with Gasteiger partial charge in [0.15, 0.2) is 17.3 Å². The van der Waals surface area contributed by atoms with Crippen molar-refractivity contribution < 1.29 is 14.3 Å². The summed E-state index contributed by atoms with van der Waals surface area (Å²) in [6, 6.07) is 13.1. The van der Waals surface area contributed by atoms with Gasteiger partial charge in [0.05, 0.1) is 0 Å². The largest absolute Gasteiger partial charge is 0.486 e. The van der Waals surface area contributed by atoms with Gasteiger partial charge in [-0.05, 0) is 24.3 Å². The van der Waals surface area contributed by atoms with Crippen molar-refractivity contribution in [1.29, 1.82) is 0 Å². The Morgan fingerprint density at radius 1 is 1.00 bits per heavy atom. The fourth-order valence-electron chi connectivity index (χ4n) is 2.60. The molecule has 0 amide bonds. The lowest BCUT2D eigenvalue weighted by molar-refractivity contribution is 0.103. The van der Waals surface area contributed by atoms with E-state index in [-0.39, 0.29) is 5.78 Å². The van der Waals surface area contributed by atoms with Gasteiger partial charge >= 0.3 is 0 Å². The van der Waals surface area contributed by atoms with Crippen LogP contribution in [-0.2, 0) is 0 Å². The zero-order valence-electron chi connectivity index (χ0n) is 11.3. The monoisotopic (exact) mass is 279 g/mol. The molecule has 1 N–H and O–H groups in total. The molecule has 0 radical (unpaired) electrons. The SMILES string of the molecule is O=C(c1ccc2c(c1)OCCO2)c1c[nH]c2ccccc12. The third-order valence-corrected chi connectivity index (χ3v) is 3.64. The topological polar surface area (TPSA) is 51.3 Å². The summed E-state index contributed by atoms with van der Waals surface area (Å²) in [5.74, 6) is 1.30. The van der Waals surface area contributed by atoms with Crippen molar-refractivity contribution in [3.8, 4) is 11.5 Å². The molecule has 0 aliphatic carbocycles. The van der Waals surface area contributed by atoms with Gasteiger partial charge in [0.25, 0.3) is 0 Å². The number of para-hydroxylation sites is 1. The number of benzene rings is 2. The molecule has 1 aromatic heterocycles. The first kappa shape index (κ1) is 12.0. The molecule has 3 aromatic rings. The number of hydrogen-bond acceptors (Lipinski definition) is 3. The maximum absolute atomic E-state index is 12.7. The van der Waals surface area contributed by atoms with Crippen LogP contribution in [0.2, 0.25) is 0 Å². The van der Waals surface area contributed by atoms with E-state index in [9.17, 15) is 4.79 Å². The van der Waals surface area contributed by atoms with Gasteiger partial charge < -0.3 is 14.5 Å². The summed E-state index contributed by atoms with van der Waals surface area (Å²) in [5.41, 5.74) is 2.23. The van der Waals surface area contributed by atoms with Gasteiger partial charge in [-0.1, -0.05) is 18.2 Å². The number of ketones is 1. The molecular formula is C17H13NO3. The van der Waals surface area contributed by atoms with E-state index in [0.29, 0.717) is 35.8 Å². The molecule has 0 atom stereocenters. The molecule has 4 rings (SSSR count). The minimum absolute atomic E-state index is 0.0237. The summed E-state index contributed by atoms with van der Waals surface area (Å²) < 4.78 is 11.0. The van der Waals surface area contributed by atoms with Gasteiger partial charge in [-0.2, -0.15) is 0 Å². The lowest BCUT2D eigenvalue weighted by Crippen LogP contribution is -2.15. The third kappa shape index (κ3) is 1.96. The van der Waals surface area contributed by atoms with Gasteiger partial charge in [0, 0.05) is 28.2 Å². The number of fused-ring (bicyclic) bond motifs is 2. The van der Waals surface area contributed by atoms with Crippen molar-refractivity contribution in [3.63, 3.8) is 0 Å². The van der Waals surface area contributed by atoms with Gasteiger partial charge in [-0.3, -0.25) is 4.79 Å². The smallest absolute Gasteiger partial charge is 0.195 e. The number of hydrogen-bond donors (Lipinski definition) is 1. The number of nitrogens with one attached hydrogen (secondary N) is 1. The molecule has 1 aliphatic heterocycles. The van der Waals surface area contributed by atoms with Crippen molar-refractivity contribution in [3.05, 3.63) is 59.8 Å². The van der Waals surface area contributed by atoms with Crippen LogP contribution in [-0.4, -0.2) is 24.0 Å². The van der Waals surface area contributed by atoms with Crippen LogP contribution in [0.15, 0.2) is 48.7 Å². The van der Waals surface area contributed by atoms with Gasteiger partial charge in [0.2, 0.25) is 0 Å². The second-order valence-corrected chi connectivity index (χ2v) is 4.94. The quantitative estimate of drug-likeness (QED) is 0.733. The molecule has 0 bridgehead atoms. The van der Waals surface area contributed by atoms with Crippen molar-refractivity contribution in [2.75, 3.05) is 13.2 Å². The first-order valence-electron chi connectivity index (χ1n) is 6.83. The van der Waals surface area contributed by atoms with Crippen molar-refractivity contribution in [2.45, 2.75) is 0 Å². The standard InChI is InChI=1S/C17H13NO3/c19-17(13-10-18-14-4-2-1-3-12(13)14)11-5-6-15-16(9-11)21-8-7-20-15/h1-6,9-10,18H,7-8H2. The Bertz CT molecular complexity index is 835. The molecule has 2 heterocycles. The lowest BCUT2D eigenvalue weighted by atomic mass is 10.0. The number of carbonyl (C=O) groups is 1. The highest BCUT2D eigenvalue weighted by molar-refractivity contribution is 6.16. The maximum atomic E-state index is 12.7. The van der Waals surface area contributed by atoms with Crippen molar-refractivity contribution in [2.24, 2.45) is 0 Å². The first-order valence-corrected chi connectivity index (χ1v) is 6.83. The molecule has 0 unspecified atom stereocenters. The molecule has 21 heavy (non-hydrogen) atoms. The van der Waals surface area contributed by atoms with Crippen molar-refractivity contribution in [1.82, 2.24) is 4.98 Å². The van der Waals surface area contributed by atoms with Crippen LogP contribution in [0.1, 0.15) is 15.9 Å². The molecule has 4 nitrogen and oxygen atoms in total. The highest BCUT2D eigenvalue weighted by Gasteiger charge is 2.18. The van der Waals surface area contributed by atoms with E-state index >= 15 is 0 Å². The summed E-state index contributed by atoms with van der Waals surface area (Å²) in [6.45, 7) is 1.06. The van der Waals surface area contributed by atoms with Crippen LogP contribution < -0.4 is 9.47 Å². The predicted molar refractivity (Wildman–Crippen MR) is 79.2 cm³/mol. The normalized spacial score (nSPS) is 13.3. The maximum Gasteiger partial charge on any atom is 0.195 e. The summed E-state index contributed by atoms with van der Waals surface area (Å²) in [4.78, 5) is 15.8. The molecular weight excluding hydrogens is 266 g/mol. The van der Waals surface area contributed by atoms with E-state index in [4.69, 9.17) is 9.47 Å². The fourth-order valence-corrected chi connectivity index (χ4v) is 2.60. The third-order valence-electron chi connectivity index (χ3n) is 3.64. The molecule has 0 saturated heterocycles. The average molecular weight is 279 g/mol.